The molecule has 1 aliphatic heterocycles. The molecule has 5 rings (SSSR count). The van der Waals surface area contributed by atoms with Gasteiger partial charge in [0.2, 0.25) is 0 Å². The van der Waals surface area contributed by atoms with Crippen LogP contribution in [0.1, 0.15) is 49.1 Å². The molecule has 2 amide bonds. The first-order chi connectivity index (χ1) is 15.1. The van der Waals surface area contributed by atoms with Gasteiger partial charge in [-0.25, -0.2) is 0 Å². The third kappa shape index (κ3) is 3.28. The fourth-order valence-electron chi connectivity index (χ4n) is 4.06. The number of benzene rings is 3. The highest BCUT2D eigenvalue weighted by molar-refractivity contribution is 7.13. The lowest BCUT2D eigenvalue weighted by molar-refractivity contribution is 0.0959. The maximum atomic E-state index is 13.1. The van der Waals surface area contributed by atoms with E-state index in [0.717, 1.165) is 21.2 Å². The van der Waals surface area contributed by atoms with E-state index in [-0.39, 0.29) is 24.5 Å². The summed E-state index contributed by atoms with van der Waals surface area (Å²) >= 11 is 1.27. The second kappa shape index (κ2) is 7.61. The van der Waals surface area contributed by atoms with E-state index in [1.165, 1.54) is 11.5 Å². The van der Waals surface area contributed by atoms with E-state index in [4.69, 9.17) is 0 Å². The number of nitrogens with zero attached hydrogens (tertiary/aromatic N) is 1. The third-order valence-corrected chi connectivity index (χ3v) is 6.40. The molecule has 154 valence electrons. The van der Waals surface area contributed by atoms with Crippen molar-refractivity contribution in [2.45, 2.75) is 19.6 Å². The molecule has 0 aliphatic carbocycles. The van der Waals surface area contributed by atoms with E-state index in [2.05, 4.69) is 15.0 Å². The van der Waals surface area contributed by atoms with Crippen LogP contribution in [-0.4, -0.2) is 21.3 Å². The third-order valence-electron chi connectivity index (χ3n) is 5.57. The summed E-state index contributed by atoms with van der Waals surface area (Å²) in [4.78, 5) is 25.9. The number of amides is 2. The largest absolute Gasteiger partial charge is 0.392 e. The number of anilines is 1. The van der Waals surface area contributed by atoms with Gasteiger partial charge in [-0.3, -0.25) is 9.59 Å². The van der Waals surface area contributed by atoms with Crippen LogP contribution in [0.5, 0.6) is 0 Å². The summed E-state index contributed by atoms with van der Waals surface area (Å²) in [5, 5.41) is 16.5. The molecule has 4 aromatic rings. The van der Waals surface area contributed by atoms with Gasteiger partial charge in [0, 0.05) is 22.2 Å². The molecule has 31 heavy (non-hydrogen) atoms. The standard InChI is InChI=1S/C24H19N3O3S/c1-13-6-2-3-7-15(13)21-20-17(23(29)26-21)10-14(12-28)11-18(20)25-24(30)22-16-8-4-5-9-19(16)31-27-22/h2-11,21,28H,12H2,1H3,(H,25,30)(H,26,29). The molecule has 1 aromatic heterocycles. The molecule has 0 radical (unpaired) electrons. The maximum Gasteiger partial charge on any atom is 0.276 e. The highest BCUT2D eigenvalue weighted by atomic mass is 32.1. The Hall–Kier alpha value is -3.55. The van der Waals surface area contributed by atoms with Crippen molar-refractivity contribution in [3.05, 3.63) is 94.2 Å². The van der Waals surface area contributed by atoms with E-state index in [1.54, 1.807) is 12.1 Å². The molecule has 0 spiro atoms. The van der Waals surface area contributed by atoms with Gasteiger partial charge in [-0.05, 0) is 53.3 Å². The molecule has 0 saturated carbocycles. The molecule has 0 saturated heterocycles. The fraction of sp³-hybridized carbons (Fsp3) is 0.125. The van der Waals surface area contributed by atoms with Crippen molar-refractivity contribution in [3.63, 3.8) is 0 Å². The molecular weight excluding hydrogens is 410 g/mol. The second-order valence-corrected chi connectivity index (χ2v) is 8.31. The Morgan fingerprint density at radius 1 is 1.16 bits per heavy atom. The van der Waals surface area contributed by atoms with Crippen LogP contribution in [0.2, 0.25) is 0 Å². The van der Waals surface area contributed by atoms with E-state index >= 15 is 0 Å². The average Bonchev–Trinajstić information content (AvgIpc) is 3.35. The molecule has 1 atom stereocenters. The molecule has 7 heteroatoms. The Kier molecular flexibility index (Phi) is 4.77. The summed E-state index contributed by atoms with van der Waals surface area (Å²) in [7, 11) is 0. The van der Waals surface area contributed by atoms with Crippen molar-refractivity contribution in [2.75, 3.05) is 5.32 Å². The van der Waals surface area contributed by atoms with Crippen molar-refractivity contribution < 1.29 is 14.7 Å². The molecule has 1 unspecified atom stereocenters. The summed E-state index contributed by atoms with van der Waals surface area (Å²) in [6.45, 7) is 1.75. The Balaban J connectivity index is 1.61. The predicted octanol–water partition coefficient (Wildman–Crippen LogP) is 4.18. The normalized spacial score (nSPS) is 15.0. The van der Waals surface area contributed by atoms with Crippen LogP contribution in [0.25, 0.3) is 10.1 Å². The fourth-order valence-corrected chi connectivity index (χ4v) is 4.84. The number of carbonyl (C=O) groups excluding carboxylic acids is 2. The highest BCUT2D eigenvalue weighted by Crippen LogP contribution is 2.39. The minimum atomic E-state index is -0.390. The van der Waals surface area contributed by atoms with Gasteiger partial charge in [0.15, 0.2) is 0 Å². The van der Waals surface area contributed by atoms with Crippen LogP contribution in [0.4, 0.5) is 5.69 Å². The lowest BCUT2D eigenvalue weighted by Gasteiger charge is -2.19. The minimum absolute atomic E-state index is 0.229. The van der Waals surface area contributed by atoms with Crippen LogP contribution >= 0.6 is 11.5 Å². The number of aryl methyl sites for hydroxylation is 1. The first-order valence-corrected chi connectivity index (χ1v) is 10.6. The van der Waals surface area contributed by atoms with Gasteiger partial charge >= 0.3 is 0 Å². The number of hydrogen-bond acceptors (Lipinski definition) is 5. The first kappa shape index (κ1) is 19.4. The molecular formula is C24H19N3O3S. The zero-order chi connectivity index (χ0) is 21.5. The summed E-state index contributed by atoms with van der Waals surface area (Å²) < 4.78 is 5.26. The number of fused-ring (bicyclic) bond motifs is 2. The van der Waals surface area contributed by atoms with Crippen LogP contribution < -0.4 is 10.6 Å². The molecule has 0 bridgehead atoms. The van der Waals surface area contributed by atoms with Crippen molar-refractivity contribution >= 4 is 39.1 Å². The lowest BCUT2D eigenvalue weighted by atomic mass is 9.92. The van der Waals surface area contributed by atoms with Crippen LogP contribution in [0.3, 0.4) is 0 Å². The molecule has 6 nitrogen and oxygen atoms in total. The average molecular weight is 430 g/mol. The van der Waals surface area contributed by atoms with Crippen LogP contribution in [0.15, 0.2) is 60.7 Å². The number of aliphatic hydroxyl groups excluding tert-OH is 1. The van der Waals surface area contributed by atoms with Crippen molar-refractivity contribution in [2.24, 2.45) is 0 Å². The minimum Gasteiger partial charge on any atom is -0.392 e. The summed E-state index contributed by atoms with van der Waals surface area (Å²) in [5.74, 6) is -0.578. The second-order valence-electron chi connectivity index (χ2n) is 7.51. The Labute approximate surface area is 182 Å². The lowest BCUT2D eigenvalue weighted by Crippen LogP contribution is -2.21. The smallest absolute Gasteiger partial charge is 0.276 e. The topological polar surface area (TPSA) is 91.3 Å². The highest BCUT2D eigenvalue weighted by Gasteiger charge is 2.34. The Morgan fingerprint density at radius 2 is 1.94 bits per heavy atom. The van der Waals surface area contributed by atoms with Gasteiger partial charge in [0.1, 0.15) is 5.69 Å². The molecule has 3 N–H and O–H groups in total. The van der Waals surface area contributed by atoms with Gasteiger partial charge in [-0.1, -0.05) is 42.5 Å². The van der Waals surface area contributed by atoms with Crippen LogP contribution in [0, 0.1) is 6.92 Å². The quantitative estimate of drug-likeness (QED) is 0.454. The Morgan fingerprint density at radius 3 is 2.74 bits per heavy atom. The van der Waals surface area contributed by atoms with Gasteiger partial charge in [0.05, 0.1) is 17.3 Å². The first-order valence-electron chi connectivity index (χ1n) is 9.86. The van der Waals surface area contributed by atoms with Gasteiger partial charge in [-0.15, -0.1) is 0 Å². The van der Waals surface area contributed by atoms with Gasteiger partial charge in [-0.2, -0.15) is 4.37 Å². The SMILES string of the molecule is Cc1ccccc1C1NC(=O)c2cc(CO)cc(NC(=O)c3nsc4ccccc34)c21. The predicted molar refractivity (Wildman–Crippen MR) is 120 cm³/mol. The number of aliphatic hydroxyl groups is 1. The van der Waals surface area contributed by atoms with E-state index in [9.17, 15) is 14.7 Å². The monoisotopic (exact) mass is 429 g/mol. The zero-order valence-electron chi connectivity index (χ0n) is 16.7. The summed E-state index contributed by atoms with van der Waals surface area (Å²) in [6, 6.07) is 18.4. The Bertz CT molecular complexity index is 1350. The van der Waals surface area contributed by atoms with Crippen molar-refractivity contribution in [1.82, 2.24) is 9.69 Å². The number of aromatic nitrogens is 1. The molecule has 2 heterocycles. The number of nitrogens with one attached hydrogen (secondary N) is 2. The van der Waals surface area contributed by atoms with E-state index in [0.29, 0.717) is 28.1 Å². The number of hydrogen-bond donors (Lipinski definition) is 3. The van der Waals surface area contributed by atoms with Crippen LogP contribution in [-0.2, 0) is 6.61 Å². The summed E-state index contributed by atoms with van der Waals surface area (Å²) in [5.41, 5.74) is 4.54. The molecule has 1 aliphatic rings. The maximum absolute atomic E-state index is 13.1. The molecule has 0 fully saturated rings. The van der Waals surface area contributed by atoms with E-state index < -0.39 is 0 Å². The van der Waals surface area contributed by atoms with Crippen molar-refractivity contribution in [3.8, 4) is 0 Å². The summed E-state index contributed by atoms with van der Waals surface area (Å²) in [6.07, 6.45) is 0. The van der Waals surface area contributed by atoms with E-state index in [1.807, 2.05) is 55.5 Å². The van der Waals surface area contributed by atoms with Gasteiger partial charge in [0.25, 0.3) is 11.8 Å². The zero-order valence-corrected chi connectivity index (χ0v) is 17.5. The number of rotatable bonds is 4. The number of carbonyl (C=O) groups is 2. The van der Waals surface area contributed by atoms with Crippen molar-refractivity contribution in [1.29, 1.82) is 0 Å². The van der Waals surface area contributed by atoms with Gasteiger partial charge < -0.3 is 15.7 Å². The molecule has 3 aromatic carbocycles.